The molecule has 0 unspecified atom stereocenters. The summed E-state index contributed by atoms with van der Waals surface area (Å²) in [5, 5.41) is 0. The van der Waals surface area contributed by atoms with Gasteiger partial charge in [-0.25, -0.2) is 0 Å². The van der Waals surface area contributed by atoms with Crippen molar-refractivity contribution in [3.05, 3.63) is 59.2 Å². The lowest BCUT2D eigenvalue weighted by Gasteiger charge is -2.25. The number of carbonyl (C=O) groups excluding carboxylic acids is 1. The number of amides is 1. The summed E-state index contributed by atoms with van der Waals surface area (Å²) in [5.41, 5.74) is 1.60. The Bertz CT molecular complexity index is 715. The first kappa shape index (κ1) is 15.0. The average molecular weight is 323 g/mol. The number of anilines is 1. The first-order valence-corrected chi connectivity index (χ1v) is 7.60. The maximum Gasteiger partial charge on any atom is 0.416 e. The van der Waals surface area contributed by atoms with Crippen LogP contribution in [0.3, 0.4) is 0 Å². The molecule has 3 rings (SSSR count). The van der Waals surface area contributed by atoms with E-state index >= 15 is 0 Å². The monoisotopic (exact) mass is 323 g/mol. The van der Waals surface area contributed by atoms with Crippen LogP contribution >= 0.6 is 11.8 Å². The molecule has 0 aliphatic carbocycles. The van der Waals surface area contributed by atoms with E-state index in [1.54, 1.807) is 0 Å². The number of hydrogen-bond acceptors (Lipinski definition) is 2. The van der Waals surface area contributed by atoms with Gasteiger partial charge in [0, 0.05) is 10.6 Å². The molecule has 1 amide bonds. The van der Waals surface area contributed by atoms with Crippen molar-refractivity contribution >= 4 is 23.9 Å². The Labute approximate surface area is 129 Å². The van der Waals surface area contributed by atoms with Gasteiger partial charge in [-0.3, -0.25) is 4.79 Å². The molecule has 0 aromatic heterocycles. The predicted molar refractivity (Wildman–Crippen MR) is 79.7 cm³/mol. The van der Waals surface area contributed by atoms with Crippen LogP contribution < -0.4 is 4.90 Å². The molecule has 0 saturated heterocycles. The SMILES string of the molecule is O=CN1Cc2ccccc2CSc2ccc(C(F)(F)F)cc21. The zero-order chi connectivity index (χ0) is 15.7. The van der Waals surface area contributed by atoms with Crippen molar-refractivity contribution in [2.24, 2.45) is 0 Å². The van der Waals surface area contributed by atoms with Gasteiger partial charge in [0.1, 0.15) is 0 Å². The lowest BCUT2D eigenvalue weighted by atomic mass is 10.1. The van der Waals surface area contributed by atoms with Crippen LogP contribution in [0.25, 0.3) is 0 Å². The van der Waals surface area contributed by atoms with Gasteiger partial charge in [-0.05, 0) is 29.3 Å². The number of hydrogen-bond donors (Lipinski definition) is 0. The Morgan fingerprint density at radius 2 is 1.82 bits per heavy atom. The highest BCUT2D eigenvalue weighted by atomic mass is 32.2. The fraction of sp³-hybridized carbons (Fsp3) is 0.188. The second-order valence-corrected chi connectivity index (χ2v) is 5.99. The third-order valence-electron chi connectivity index (χ3n) is 3.57. The van der Waals surface area contributed by atoms with Gasteiger partial charge in [-0.15, -0.1) is 11.8 Å². The molecule has 0 N–H and O–H groups in total. The van der Waals surface area contributed by atoms with Crippen molar-refractivity contribution in [1.82, 2.24) is 0 Å². The number of carbonyl (C=O) groups is 1. The zero-order valence-electron chi connectivity index (χ0n) is 11.4. The molecule has 1 aliphatic rings. The van der Waals surface area contributed by atoms with Crippen LogP contribution in [0, 0.1) is 0 Å². The molecule has 2 aromatic rings. The van der Waals surface area contributed by atoms with E-state index in [0.29, 0.717) is 22.7 Å². The van der Waals surface area contributed by atoms with E-state index < -0.39 is 11.7 Å². The molecule has 22 heavy (non-hydrogen) atoms. The van der Waals surface area contributed by atoms with Crippen LogP contribution in [0.4, 0.5) is 18.9 Å². The average Bonchev–Trinajstić information content (AvgIpc) is 2.48. The van der Waals surface area contributed by atoms with Gasteiger partial charge >= 0.3 is 6.18 Å². The Morgan fingerprint density at radius 3 is 2.50 bits per heavy atom. The second-order valence-electron chi connectivity index (χ2n) is 4.97. The standard InChI is InChI=1S/C16H12F3NOS/c17-16(18,19)13-5-6-15-14(7-13)20(10-21)8-11-3-1-2-4-12(11)9-22-15/h1-7,10H,8-9H2. The van der Waals surface area contributed by atoms with Crippen molar-refractivity contribution in [2.75, 3.05) is 4.90 Å². The van der Waals surface area contributed by atoms with E-state index in [4.69, 9.17) is 0 Å². The molecule has 6 heteroatoms. The van der Waals surface area contributed by atoms with Gasteiger partial charge in [0.2, 0.25) is 6.41 Å². The van der Waals surface area contributed by atoms with Gasteiger partial charge < -0.3 is 4.90 Å². The quantitative estimate of drug-likeness (QED) is 0.722. The van der Waals surface area contributed by atoms with E-state index in [9.17, 15) is 18.0 Å². The van der Waals surface area contributed by atoms with Crippen LogP contribution in [-0.2, 0) is 23.3 Å². The summed E-state index contributed by atoms with van der Waals surface area (Å²) >= 11 is 1.44. The molecule has 1 heterocycles. The number of benzene rings is 2. The molecule has 0 saturated carbocycles. The molecule has 0 bridgehead atoms. The molecule has 0 atom stereocenters. The van der Waals surface area contributed by atoms with Gasteiger partial charge in [0.25, 0.3) is 0 Å². The highest BCUT2D eigenvalue weighted by molar-refractivity contribution is 7.98. The Morgan fingerprint density at radius 1 is 1.09 bits per heavy atom. The highest BCUT2D eigenvalue weighted by Gasteiger charge is 2.32. The van der Waals surface area contributed by atoms with E-state index in [1.807, 2.05) is 24.3 Å². The minimum Gasteiger partial charge on any atom is -0.309 e. The first-order valence-electron chi connectivity index (χ1n) is 6.62. The number of rotatable bonds is 1. The third kappa shape index (κ3) is 2.83. The van der Waals surface area contributed by atoms with Crippen molar-refractivity contribution < 1.29 is 18.0 Å². The third-order valence-corrected chi connectivity index (χ3v) is 4.68. The van der Waals surface area contributed by atoms with Crippen LogP contribution in [0.2, 0.25) is 0 Å². The smallest absolute Gasteiger partial charge is 0.309 e. The molecular formula is C16H12F3NOS. The number of alkyl halides is 3. The largest absolute Gasteiger partial charge is 0.416 e. The van der Waals surface area contributed by atoms with Crippen LogP contribution in [0.15, 0.2) is 47.4 Å². The van der Waals surface area contributed by atoms with E-state index in [2.05, 4.69) is 0 Å². The maximum absolute atomic E-state index is 12.9. The molecule has 2 nitrogen and oxygen atoms in total. The fourth-order valence-corrected chi connectivity index (χ4v) is 3.49. The van der Waals surface area contributed by atoms with E-state index in [0.717, 1.165) is 23.3 Å². The van der Waals surface area contributed by atoms with Crippen molar-refractivity contribution in [3.8, 4) is 0 Å². The van der Waals surface area contributed by atoms with E-state index in [-0.39, 0.29) is 6.54 Å². The maximum atomic E-state index is 12.9. The molecule has 0 spiro atoms. The number of thioether (sulfide) groups is 1. The van der Waals surface area contributed by atoms with Gasteiger partial charge in [-0.2, -0.15) is 13.2 Å². The van der Waals surface area contributed by atoms with Gasteiger partial charge in [-0.1, -0.05) is 24.3 Å². The summed E-state index contributed by atoms with van der Waals surface area (Å²) < 4.78 is 38.7. The van der Waals surface area contributed by atoms with Crippen LogP contribution in [-0.4, -0.2) is 6.41 Å². The summed E-state index contributed by atoms with van der Waals surface area (Å²) in [4.78, 5) is 13.4. The lowest BCUT2D eigenvalue weighted by Crippen LogP contribution is -2.23. The van der Waals surface area contributed by atoms with E-state index in [1.165, 1.54) is 22.7 Å². The topological polar surface area (TPSA) is 20.3 Å². The minimum absolute atomic E-state index is 0.272. The molecule has 0 fully saturated rings. The fourth-order valence-electron chi connectivity index (χ4n) is 2.41. The van der Waals surface area contributed by atoms with Crippen molar-refractivity contribution in [1.29, 1.82) is 0 Å². The van der Waals surface area contributed by atoms with Crippen molar-refractivity contribution in [2.45, 2.75) is 23.4 Å². The van der Waals surface area contributed by atoms with Gasteiger partial charge in [0.15, 0.2) is 0 Å². The minimum atomic E-state index is -4.42. The summed E-state index contributed by atoms with van der Waals surface area (Å²) in [7, 11) is 0. The summed E-state index contributed by atoms with van der Waals surface area (Å²) in [6.45, 7) is 0.272. The number of fused-ring (bicyclic) bond motifs is 2. The second kappa shape index (κ2) is 5.68. The highest BCUT2D eigenvalue weighted by Crippen LogP contribution is 2.40. The lowest BCUT2D eigenvalue weighted by molar-refractivity contribution is -0.137. The molecular weight excluding hydrogens is 311 g/mol. The molecule has 2 aromatic carbocycles. The summed E-state index contributed by atoms with van der Waals surface area (Å²) in [6, 6.07) is 11.2. The summed E-state index contributed by atoms with van der Waals surface area (Å²) in [5.74, 6) is 0.668. The Balaban J connectivity index is 2.07. The predicted octanol–water partition coefficient (Wildman–Crippen LogP) is 4.47. The Kier molecular flexibility index (Phi) is 3.87. The van der Waals surface area contributed by atoms with Crippen LogP contribution in [0.5, 0.6) is 0 Å². The number of halogens is 3. The van der Waals surface area contributed by atoms with Crippen LogP contribution in [0.1, 0.15) is 16.7 Å². The molecule has 114 valence electrons. The zero-order valence-corrected chi connectivity index (χ0v) is 12.2. The Hall–Kier alpha value is -1.95. The molecule has 1 aliphatic heterocycles. The first-order chi connectivity index (χ1) is 10.5. The van der Waals surface area contributed by atoms with Gasteiger partial charge in [0.05, 0.1) is 17.8 Å². The normalized spacial score (nSPS) is 14.6. The van der Waals surface area contributed by atoms with Crippen molar-refractivity contribution in [3.63, 3.8) is 0 Å². The summed E-state index contributed by atoms with van der Waals surface area (Å²) in [6.07, 6.45) is -3.84. The number of nitrogens with zero attached hydrogens (tertiary/aromatic N) is 1. The molecule has 0 radical (unpaired) electrons.